The molecule has 9 nitrogen and oxygen atoms in total. The van der Waals surface area contributed by atoms with Crippen molar-refractivity contribution < 1.29 is 14.3 Å². The van der Waals surface area contributed by atoms with Crippen LogP contribution in [0, 0.1) is 0 Å². The van der Waals surface area contributed by atoms with Crippen LogP contribution in [0.25, 0.3) is 0 Å². The van der Waals surface area contributed by atoms with Gasteiger partial charge in [0, 0.05) is 37.7 Å². The number of rotatable bonds is 3. The van der Waals surface area contributed by atoms with Gasteiger partial charge in [-0.15, -0.1) is 0 Å². The van der Waals surface area contributed by atoms with Crippen molar-refractivity contribution >= 4 is 11.8 Å². The number of aromatic amines is 1. The van der Waals surface area contributed by atoms with E-state index in [2.05, 4.69) is 9.97 Å². The third-order valence-electron chi connectivity index (χ3n) is 6.59. The van der Waals surface area contributed by atoms with Gasteiger partial charge in [0.1, 0.15) is 11.9 Å². The first-order valence-corrected chi connectivity index (χ1v) is 11.3. The molecule has 0 spiro atoms. The Labute approximate surface area is 185 Å². The van der Waals surface area contributed by atoms with Gasteiger partial charge in [0.15, 0.2) is 0 Å². The monoisotopic (exact) mass is 437 g/mol. The van der Waals surface area contributed by atoms with Gasteiger partial charge in [0.25, 0.3) is 17.4 Å². The molecule has 2 amide bonds. The highest BCUT2D eigenvalue weighted by Crippen LogP contribution is 2.31. The second-order valence-corrected chi connectivity index (χ2v) is 8.64. The smallest absolute Gasteiger partial charge is 0.255 e. The van der Waals surface area contributed by atoms with Crippen molar-refractivity contribution in [3.8, 4) is 0 Å². The zero-order valence-electron chi connectivity index (χ0n) is 18.0. The molecule has 0 radical (unpaired) electrons. The van der Waals surface area contributed by atoms with Gasteiger partial charge in [-0.3, -0.25) is 19.4 Å². The number of H-pyrrole nitrogens is 1. The summed E-state index contributed by atoms with van der Waals surface area (Å²) in [6.07, 6.45) is 7.50. The molecule has 32 heavy (non-hydrogen) atoms. The lowest BCUT2D eigenvalue weighted by molar-refractivity contribution is -0.145. The number of amides is 2. The number of aromatic nitrogens is 3. The first-order valence-electron chi connectivity index (χ1n) is 11.3. The predicted molar refractivity (Wildman–Crippen MR) is 115 cm³/mol. The van der Waals surface area contributed by atoms with E-state index in [1.807, 2.05) is 4.90 Å². The molecule has 2 aromatic heterocycles. The maximum Gasteiger partial charge on any atom is 0.255 e. The number of likely N-dealkylation sites (tertiary alicyclic amines) is 1. The standard InChI is InChI=1S/C23H27N5O4/c29-21-16-8-11-27(22(30)15-5-3-9-24-13-15)14-17(16)25-20(26-21)18-6-1-2-10-28(18)23(31)19-7-4-12-32-19/h3,5,9,13,18-19H,1-2,4,6-8,10-12,14H2,(H,25,26,29)/t18-,19+/m1/s1. The van der Waals surface area contributed by atoms with Crippen molar-refractivity contribution in [1.82, 2.24) is 24.8 Å². The van der Waals surface area contributed by atoms with Crippen molar-refractivity contribution in [2.24, 2.45) is 0 Å². The third-order valence-corrected chi connectivity index (χ3v) is 6.59. The highest BCUT2D eigenvalue weighted by molar-refractivity contribution is 5.94. The normalized spacial score (nSPS) is 23.1. The lowest BCUT2D eigenvalue weighted by Crippen LogP contribution is -2.45. The summed E-state index contributed by atoms with van der Waals surface area (Å²) in [4.78, 5) is 54.1. The number of nitrogens with zero attached hydrogens (tertiary/aromatic N) is 4. The molecular weight excluding hydrogens is 410 g/mol. The fourth-order valence-electron chi connectivity index (χ4n) is 4.90. The molecule has 2 aromatic rings. The lowest BCUT2D eigenvalue weighted by atomic mass is 9.99. The van der Waals surface area contributed by atoms with Crippen molar-refractivity contribution in [2.75, 3.05) is 19.7 Å². The quantitative estimate of drug-likeness (QED) is 0.781. The van der Waals surface area contributed by atoms with Crippen LogP contribution in [0.3, 0.4) is 0 Å². The average molecular weight is 438 g/mol. The van der Waals surface area contributed by atoms with Crippen LogP contribution < -0.4 is 5.56 Å². The van der Waals surface area contributed by atoms with E-state index < -0.39 is 6.10 Å². The Morgan fingerprint density at radius 3 is 2.84 bits per heavy atom. The summed E-state index contributed by atoms with van der Waals surface area (Å²) < 4.78 is 5.62. The minimum Gasteiger partial charge on any atom is -0.368 e. The highest BCUT2D eigenvalue weighted by Gasteiger charge is 2.36. The lowest BCUT2D eigenvalue weighted by Gasteiger charge is -2.37. The van der Waals surface area contributed by atoms with E-state index in [4.69, 9.17) is 9.72 Å². The molecule has 0 bridgehead atoms. The van der Waals surface area contributed by atoms with Crippen LogP contribution in [-0.2, 0) is 22.5 Å². The molecule has 0 aromatic carbocycles. The molecule has 2 fully saturated rings. The Morgan fingerprint density at radius 2 is 2.06 bits per heavy atom. The molecule has 5 rings (SSSR count). The maximum atomic E-state index is 13.1. The van der Waals surface area contributed by atoms with Gasteiger partial charge in [-0.2, -0.15) is 0 Å². The summed E-state index contributed by atoms with van der Waals surface area (Å²) in [6, 6.07) is 3.19. The molecule has 0 aliphatic carbocycles. The number of carbonyl (C=O) groups is 2. The minimum absolute atomic E-state index is 0.0130. The molecule has 5 heterocycles. The SMILES string of the molecule is O=C(c1cccnc1)N1CCc2c(nc([C@H]3CCCCN3C(=O)[C@@H]3CCCO3)[nH]c2=O)C1. The van der Waals surface area contributed by atoms with Gasteiger partial charge < -0.3 is 19.5 Å². The van der Waals surface area contributed by atoms with Crippen molar-refractivity contribution in [3.05, 3.63) is 57.5 Å². The van der Waals surface area contributed by atoms with E-state index >= 15 is 0 Å². The van der Waals surface area contributed by atoms with Crippen LogP contribution in [-0.4, -0.2) is 62.4 Å². The molecule has 0 saturated carbocycles. The molecule has 9 heteroatoms. The van der Waals surface area contributed by atoms with Gasteiger partial charge >= 0.3 is 0 Å². The maximum absolute atomic E-state index is 13.1. The van der Waals surface area contributed by atoms with E-state index in [1.165, 1.54) is 0 Å². The van der Waals surface area contributed by atoms with Gasteiger partial charge in [-0.25, -0.2) is 4.98 Å². The average Bonchev–Trinajstić information content (AvgIpc) is 3.38. The largest absolute Gasteiger partial charge is 0.368 e. The van der Waals surface area contributed by atoms with E-state index in [0.717, 1.165) is 32.1 Å². The van der Waals surface area contributed by atoms with Crippen LogP contribution in [0.2, 0.25) is 0 Å². The van der Waals surface area contributed by atoms with Crippen LogP contribution >= 0.6 is 0 Å². The number of carbonyl (C=O) groups excluding carboxylic acids is 2. The van der Waals surface area contributed by atoms with E-state index in [9.17, 15) is 14.4 Å². The summed E-state index contributed by atoms with van der Waals surface area (Å²) in [5.41, 5.74) is 1.58. The fourth-order valence-corrected chi connectivity index (χ4v) is 4.90. The Morgan fingerprint density at radius 1 is 1.16 bits per heavy atom. The molecule has 168 valence electrons. The number of nitrogens with one attached hydrogen (secondary N) is 1. The number of pyridine rings is 1. The summed E-state index contributed by atoms with van der Waals surface area (Å²) in [6.45, 7) is 1.98. The summed E-state index contributed by atoms with van der Waals surface area (Å²) in [7, 11) is 0. The van der Waals surface area contributed by atoms with Crippen LogP contribution in [0.1, 0.15) is 65.6 Å². The predicted octanol–water partition coefficient (Wildman–Crippen LogP) is 1.60. The molecule has 0 unspecified atom stereocenters. The Kier molecular flexibility index (Phi) is 5.73. The molecule has 3 aliphatic rings. The van der Waals surface area contributed by atoms with Crippen LogP contribution in [0.15, 0.2) is 29.3 Å². The number of piperidine rings is 1. The van der Waals surface area contributed by atoms with Crippen molar-refractivity contribution in [2.45, 2.75) is 57.2 Å². The fraction of sp³-hybridized carbons (Fsp3) is 0.522. The van der Waals surface area contributed by atoms with Gasteiger partial charge in [0.05, 0.1) is 23.8 Å². The second kappa shape index (κ2) is 8.82. The van der Waals surface area contributed by atoms with Crippen LogP contribution in [0.5, 0.6) is 0 Å². The highest BCUT2D eigenvalue weighted by atomic mass is 16.5. The number of hydrogen-bond acceptors (Lipinski definition) is 6. The van der Waals surface area contributed by atoms with E-state index in [1.54, 1.807) is 29.4 Å². The Balaban J connectivity index is 1.41. The Bertz CT molecular complexity index is 1060. The topological polar surface area (TPSA) is 108 Å². The molecule has 2 atom stereocenters. The summed E-state index contributed by atoms with van der Waals surface area (Å²) in [5, 5.41) is 0. The van der Waals surface area contributed by atoms with Crippen molar-refractivity contribution in [3.63, 3.8) is 0 Å². The van der Waals surface area contributed by atoms with Gasteiger partial charge in [0.2, 0.25) is 0 Å². The van der Waals surface area contributed by atoms with Gasteiger partial charge in [-0.05, 0) is 50.7 Å². The summed E-state index contributed by atoms with van der Waals surface area (Å²) in [5.74, 6) is 0.372. The molecule has 3 aliphatic heterocycles. The minimum atomic E-state index is -0.396. The third kappa shape index (κ3) is 3.92. The zero-order chi connectivity index (χ0) is 22.1. The number of hydrogen-bond donors (Lipinski definition) is 1. The number of ether oxygens (including phenoxy) is 1. The van der Waals surface area contributed by atoms with E-state index in [-0.39, 0.29) is 30.0 Å². The summed E-state index contributed by atoms with van der Waals surface area (Å²) >= 11 is 0. The molecule has 1 N–H and O–H groups in total. The van der Waals surface area contributed by atoms with Gasteiger partial charge in [-0.1, -0.05) is 0 Å². The number of fused-ring (bicyclic) bond motifs is 1. The molecular formula is C23H27N5O4. The van der Waals surface area contributed by atoms with Crippen LogP contribution in [0.4, 0.5) is 0 Å². The first-order chi connectivity index (χ1) is 15.6. The second-order valence-electron chi connectivity index (χ2n) is 8.64. The molecule has 2 saturated heterocycles. The first kappa shape index (κ1) is 20.8. The van der Waals surface area contributed by atoms with Crippen molar-refractivity contribution in [1.29, 1.82) is 0 Å². The van der Waals surface area contributed by atoms with E-state index in [0.29, 0.717) is 48.8 Å². The zero-order valence-corrected chi connectivity index (χ0v) is 18.0. The Hall–Kier alpha value is -3.07.